The molecule has 1 aliphatic heterocycles. The number of urea groups is 1. The van der Waals surface area contributed by atoms with Crippen LogP contribution in [0.3, 0.4) is 0 Å². The maximum Gasteiger partial charge on any atom is 0.317 e. The zero-order valence-electron chi connectivity index (χ0n) is 12.4. The van der Waals surface area contributed by atoms with Crippen LogP contribution in [0.2, 0.25) is 5.02 Å². The average Bonchev–Trinajstić information content (AvgIpc) is 3.24. The summed E-state index contributed by atoms with van der Waals surface area (Å²) in [6, 6.07) is 6.52. The summed E-state index contributed by atoms with van der Waals surface area (Å²) in [5.74, 6) is 0.497. The van der Waals surface area contributed by atoms with Gasteiger partial charge in [0.2, 0.25) is 0 Å². The summed E-state index contributed by atoms with van der Waals surface area (Å²) < 4.78 is 0. The van der Waals surface area contributed by atoms with Crippen LogP contribution < -0.4 is 5.32 Å². The average molecular weight is 318 g/mol. The van der Waals surface area contributed by atoms with Crippen LogP contribution in [0.5, 0.6) is 0 Å². The molecule has 0 bridgehead atoms. The minimum atomic E-state index is 0.114. The Morgan fingerprint density at radius 1 is 1.23 bits per heavy atom. The number of carbonyl (C=O) groups excluding carboxylic acids is 1. The first-order chi connectivity index (χ1) is 10.7. The molecule has 1 saturated heterocycles. The highest BCUT2D eigenvalue weighted by Gasteiger charge is 2.29. The van der Waals surface area contributed by atoms with E-state index in [4.69, 9.17) is 11.6 Å². The summed E-state index contributed by atoms with van der Waals surface area (Å²) >= 11 is 6.13. The van der Waals surface area contributed by atoms with Gasteiger partial charge in [-0.05, 0) is 55.4 Å². The number of carbonyl (C=O) groups is 1. The summed E-state index contributed by atoms with van der Waals surface area (Å²) in [6.07, 6.45) is 6.40. The van der Waals surface area contributed by atoms with Crippen molar-refractivity contribution < 1.29 is 4.79 Å². The van der Waals surface area contributed by atoms with Crippen molar-refractivity contribution in [2.24, 2.45) is 0 Å². The van der Waals surface area contributed by atoms with E-state index < -0.39 is 0 Å². The van der Waals surface area contributed by atoms with Gasteiger partial charge < -0.3 is 15.2 Å². The predicted molar refractivity (Wildman–Crippen MR) is 88.4 cm³/mol. The van der Waals surface area contributed by atoms with E-state index in [0.29, 0.717) is 12.0 Å². The van der Waals surface area contributed by atoms with Gasteiger partial charge in [0.1, 0.15) is 0 Å². The maximum absolute atomic E-state index is 12.1. The Labute approximate surface area is 134 Å². The minimum Gasteiger partial charge on any atom is -0.361 e. The van der Waals surface area contributed by atoms with Gasteiger partial charge in [0.05, 0.1) is 0 Å². The van der Waals surface area contributed by atoms with E-state index in [1.165, 1.54) is 10.9 Å². The Bertz CT molecular complexity index is 699. The van der Waals surface area contributed by atoms with E-state index >= 15 is 0 Å². The Kier molecular flexibility index (Phi) is 3.49. The molecule has 1 aromatic carbocycles. The number of halogens is 1. The molecule has 0 atom stereocenters. The SMILES string of the molecule is O=C(NC1CC1)N1CCC(c2c[nH]c3ccc(Cl)cc23)CC1. The number of hydrogen-bond donors (Lipinski definition) is 2. The highest BCUT2D eigenvalue weighted by molar-refractivity contribution is 6.31. The van der Waals surface area contributed by atoms with Crippen molar-refractivity contribution in [2.75, 3.05) is 13.1 Å². The molecule has 2 amide bonds. The molecule has 0 unspecified atom stereocenters. The van der Waals surface area contributed by atoms with Crippen molar-refractivity contribution >= 4 is 28.5 Å². The highest BCUT2D eigenvalue weighted by Crippen LogP contribution is 2.34. The molecule has 2 aliphatic rings. The quantitative estimate of drug-likeness (QED) is 0.867. The van der Waals surface area contributed by atoms with E-state index in [1.54, 1.807) is 0 Å². The molecule has 1 aliphatic carbocycles. The third-order valence-electron chi connectivity index (χ3n) is 4.80. The van der Waals surface area contributed by atoms with Crippen LogP contribution in [-0.2, 0) is 0 Å². The molecule has 4 rings (SSSR count). The van der Waals surface area contributed by atoms with Gasteiger partial charge in [-0.3, -0.25) is 0 Å². The van der Waals surface area contributed by atoms with Gasteiger partial charge in [-0.2, -0.15) is 0 Å². The lowest BCUT2D eigenvalue weighted by Crippen LogP contribution is -2.44. The number of rotatable bonds is 2. The largest absolute Gasteiger partial charge is 0.361 e. The van der Waals surface area contributed by atoms with Gasteiger partial charge in [-0.25, -0.2) is 4.79 Å². The van der Waals surface area contributed by atoms with Gasteiger partial charge in [0.15, 0.2) is 0 Å². The monoisotopic (exact) mass is 317 g/mol. The maximum atomic E-state index is 12.1. The van der Waals surface area contributed by atoms with E-state index in [-0.39, 0.29) is 6.03 Å². The lowest BCUT2D eigenvalue weighted by Gasteiger charge is -2.32. The van der Waals surface area contributed by atoms with Gasteiger partial charge in [-0.1, -0.05) is 11.6 Å². The second kappa shape index (κ2) is 5.51. The van der Waals surface area contributed by atoms with Gasteiger partial charge in [0, 0.05) is 41.3 Å². The summed E-state index contributed by atoms with van der Waals surface area (Å²) in [5.41, 5.74) is 2.47. The molecule has 2 N–H and O–H groups in total. The number of fused-ring (bicyclic) bond motifs is 1. The molecule has 0 radical (unpaired) electrons. The van der Waals surface area contributed by atoms with Crippen LogP contribution in [0, 0.1) is 0 Å². The highest BCUT2D eigenvalue weighted by atomic mass is 35.5. The number of hydrogen-bond acceptors (Lipinski definition) is 1. The molecule has 1 aromatic heterocycles. The fraction of sp³-hybridized carbons (Fsp3) is 0.471. The number of aromatic amines is 1. The first-order valence-corrected chi connectivity index (χ1v) is 8.40. The van der Waals surface area contributed by atoms with Crippen LogP contribution >= 0.6 is 11.6 Å². The lowest BCUT2D eigenvalue weighted by molar-refractivity contribution is 0.181. The number of amides is 2. The van der Waals surface area contributed by atoms with Gasteiger partial charge >= 0.3 is 6.03 Å². The number of likely N-dealkylation sites (tertiary alicyclic amines) is 1. The molecule has 1 saturated carbocycles. The molecule has 0 spiro atoms. The van der Waals surface area contributed by atoms with Gasteiger partial charge in [-0.15, -0.1) is 0 Å². The fourth-order valence-electron chi connectivity index (χ4n) is 3.34. The molecule has 2 heterocycles. The second-order valence-corrected chi connectivity index (χ2v) is 6.86. The number of piperidine rings is 1. The van der Waals surface area contributed by atoms with Crippen LogP contribution in [0.4, 0.5) is 4.79 Å². The number of H-pyrrole nitrogens is 1. The molecule has 2 fully saturated rings. The normalized spacial score (nSPS) is 19.6. The van der Waals surface area contributed by atoms with Crippen molar-refractivity contribution in [3.8, 4) is 0 Å². The van der Waals surface area contributed by atoms with E-state index in [9.17, 15) is 4.79 Å². The van der Waals surface area contributed by atoms with Crippen LogP contribution in [0.15, 0.2) is 24.4 Å². The molecule has 5 heteroatoms. The third-order valence-corrected chi connectivity index (χ3v) is 5.04. The number of aromatic nitrogens is 1. The fourth-order valence-corrected chi connectivity index (χ4v) is 3.51. The molecular weight excluding hydrogens is 298 g/mol. The van der Waals surface area contributed by atoms with Crippen LogP contribution in [-0.4, -0.2) is 35.0 Å². The molecular formula is C17H20ClN3O. The van der Waals surface area contributed by atoms with E-state index in [1.807, 2.05) is 23.1 Å². The lowest BCUT2D eigenvalue weighted by atomic mass is 9.89. The Hall–Kier alpha value is -1.68. The Balaban J connectivity index is 1.46. The standard InChI is InChI=1S/C17H20ClN3O/c18-12-1-4-16-14(9-12)15(10-19-16)11-5-7-21(8-6-11)17(22)20-13-2-3-13/h1,4,9-11,13,19H,2-3,5-8H2,(H,20,22). The minimum absolute atomic E-state index is 0.114. The summed E-state index contributed by atoms with van der Waals surface area (Å²) in [7, 11) is 0. The van der Waals surface area contributed by atoms with Gasteiger partial charge in [0.25, 0.3) is 0 Å². The first-order valence-electron chi connectivity index (χ1n) is 8.02. The van der Waals surface area contributed by atoms with Crippen molar-refractivity contribution in [3.63, 3.8) is 0 Å². The van der Waals surface area contributed by atoms with Crippen LogP contribution in [0.1, 0.15) is 37.2 Å². The van der Waals surface area contributed by atoms with Crippen molar-refractivity contribution in [2.45, 2.75) is 37.6 Å². The summed E-state index contributed by atoms with van der Waals surface area (Å²) in [5, 5.41) is 5.06. The summed E-state index contributed by atoms with van der Waals surface area (Å²) in [4.78, 5) is 17.4. The Morgan fingerprint density at radius 3 is 2.73 bits per heavy atom. The predicted octanol–water partition coefficient (Wildman–Crippen LogP) is 3.87. The van der Waals surface area contributed by atoms with E-state index in [2.05, 4.69) is 16.5 Å². The number of nitrogens with zero attached hydrogens (tertiary/aromatic N) is 1. The molecule has 4 nitrogen and oxygen atoms in total. The zero-order chi connectivity index (χ0) is 15.1. The van der Waals surface area contributed by atoms with Crippen LogP contribution in [0.25, 0.3) is 10.9 Å². The number of benzene rings is 1. The molecule has 116 valence electrons. The van der Waals surface area contributed by atoms with Crippen molar-refractivity contribution in [1.29, 1.82) is 0 Å². The second-order valence-electron chi connectivity index (χ2n) is 6.42. The number of nitrogens with one attached hydrogen (secondary N) is 2. The Morgan fingerprint density at radius 2 is 2.00 bits per heavy atom. The molecule has 22 heavy (non-hydrogen) atoms. The molecule has 2 aromatic rings. The zero-order valence-corrected chi connectivity index (χ0v) is 13.2. The topological polar surface area (TPSA) is 48.1 Å². The third kappa shape index (κ3) is 2.68. The summed E-state index contributed by atoms with van der Waals surface area (Å²) in [6.45, 7) is 1.66. The smallest absolute Gasteiger partial charge is 0.317 e. The van der Waals surface area contributed by atoms with Crippen molar-refractivity contribution in [3.05, 3.63) is 35.0 Å². The van der Waals surface area contributed by atoms with Crippen molar-refractivity contribution in [1.82, 2.24) is 15.2 Å². The van der Waals surface area contributed by atoms with E-state index in [0.717, 1.165) is 49.3 Å². The first kappa shape index (κ1) is 13.9.